The van der Waals surface area contributed by atoms with E-state index < -0.39 is 9.84 Å². The van der Waals surface area contributed by atoms with E-state index in [1.807, 2.05) is 26.0 Å². The van der Waals surface area contributed by atoms with Gasteiger partial charge in [-0.15, -0.1) is 0 Å². The van der Waals surface area contributed by atoms with Gasteiger partial charge in [0, 0.05) is 11.3 Å². The van der Waals surface area contributed by atoms with Gasteiger partial charge in [-0.3, -0.25) is 0 Å². The average molecular weight is 381 g/mol. The fourth-order valence-corrected chi connectivity index (χ4v) is 3.11. The molecule has 134 valence electrons. The average Bonchev–Trinajstić information content (AvgIpc) is 2.54. The molecule has 0 spiro atoms. The van der Waals surface area contributed by atoms with Gasteiger partial charge in [-0.25, -0.2) is 13.2 Å². The largest absolute Gasteiger partial charge is 0.332 e. The number of hydrogen-bond donors (Lipinski definition) is 2. The SMILES string of the molecule is CC(NC(=O)NC(C)c1ccc(S(C)(=O)=O)cc1)c1ccc(Cl)cc1. The molecular weight excluding hydrogens is 360 g/mol. The topological polar surface area (TPSA) is 75.3 Å². The summed E-state index contributed by atoms with van der Waals surface area (Å²) in [5, 5.41) is 6.35. The first-order valence-corrected chi connectivity index (χ1v) is 10.1. The van der Waals surface area contributed by atoms with Crippen molar-refractivity contribution >= 4 is 27.5 Å². The minimum atomic E-state index is -3.23. The number of rotatable bonds is 5. The van der Waals surface area contributed by atoms with Crippen molar-refractivity contribution in [3.63, 3.8) is 0 Å². The van der Waals surface area contributed by atoms with Gasteiger partial charge in [0.15, 0.2) is 9.84 Å². The summed E-state index contributed by atoms with van der Waals surface area (Å²) in [6, 6.07) is 13.0. The van der Waals surface area contributed by atoms with Gasteiger partial charge >= 0.3 is 6.03 Å². The third-order valence-corrected chi connectivity index (χ3v) is 5.25. The third-order valence-electron chi connectivity index (χ3n) is 3.87. The zero-order valence-electron chi connectivity index (χ0n) is 14.3. The van der Waals surface area contributed by atoms with Gasteiger partial charge in [0.2, 0.25) is 0 Å². The van der Waals surface area contributed by atoms with E-state index in [4.69, 9.17) is 11.6 Å². The lowest BCUT2D eigenvalue weighted by molar-refractivity contribution is 0.235. The Labute approximate surface area is 153 Å². The number of sulfone groups is 1. The van der Waals surface area contributed by atoms with Gasteiger partial charge in [-0.1, -0.05) is 35.9 Å². The number of nitrogens with one attached hydrogen (secondary N) is 2. The maximum atomic E-state index is 12.2. The fourth-order valence-electron chi connectivity index (χ4n) is 2.36. The molecule has 7 heteroatoms. The van der Waals surface area contributed by atoms with Gasteiger partial charge in [0.25, 0.3) is 0 Å². The molecule has 2 atom stereocenters. The molecule has 2 unspecified atom stereocenters. The van der Waals surface area contributed by atoms with Crippen LogP contribution in [0.3, 0.4) is 0 Å². The van der Waals surface area contributed by atoms with Gasteiger partial charge < -0.3 is 10.6 Å². The molecule has 2 aromatic carbocycles. The third kappa shape index (κ3) is 5.47. The first kappa shape index (κ1) is 19.3. The molecule has 0 aliphatic rings. The van der Waals surface area contributed by atoms with Crippen molar-refractivity contribution in [1.29, 1.82) is 0 Å². The van der Waals surface area contributed by atoms with Crippen LogP contribution in [0, 0.1) is 0 Å². The second kappa shape index (κ2) is 7.89. The quantitative estimate of drug-likeness (QED) is 0.826. The van der Waals surface area contributed by atoms with Crippen LogP contribution in [0.5, 0.6) is 0 Å². The van der Waals surface area contributed by atoms with E-state index in [1.165, 1.54) is 12.1 Å². The standard InChI is InChI=1S/C18H21ClN2O3S/c1-12(14-4-8-16(19)9-5-14)20-18(22)21-13(2)15-6-10-17(11-7-15)25(3,23)24/h4-13H,1-3H3,(H2,20,21,22). The minimum absolute atomic E-state index is 0.169. The second-order valence-electron chi connectivity index (χ2n) is 5.95. The number of halogens is 1. The van der Waals surface area contributed by atoms with E-state index in [2.05, 4.69) is 10.6 Å². The minimum Gasteiger partial charge on any atom is -0.332 e. The molecule has 0 fully saturated rings. The summed E-state index contributed by atoms with van der Waals surface area (Å²) in [4.78, 5) is 12.4. The Balaban J connectivity index is 1.96. The summed E-state index contributed by atoms with van der Waals surface area (Å²) in [7, 11) is -3.23. The highest BCUT2D eigenvalue weighted by molar-refractivity contribution is 7.90. The molecule has 25 heavy (non-hydrogen) atoms. The highest BCUT2D eigenvalue weighted by Crippen LogP contribution is 2.18. The van der Waals surface area contributed by atoms with E-state index in [0.717, 1.165) is 17.4 Å². The van der Waals surface area contributed by atoms with Crippen molar-refractivity contribution in [1.82, 2.24) is 10.6 Å². The molecule has 2 N–H and O–H groups in total. The summed E-state index contributed by atoms with van der Waals surface area (Å²) >= 11 is 5.86. The van der Waals surface area contributed by atoms with Crippen LogP contribution in [0.2, 0.25) is 5.02 Å². The Bertz CT molecular complexity index is 834. The Hall–Kier alpha value is -2.05. The molecule has 0 bridgehead atoms. The first-order chi connectivity index (χ1) is 11.7. The summed E-state index contributed by atoms with van der Waals surface area (Å²) in [5.74, 6) is 0. The van der Waals surface area contributed by atoms with Crippen molar-refractivity contribution in [3.05, 3.63) is 64.7 Å². The molecule has 0 radical (unpaired) electrons. The normalized spacial score (nSPS) is 13.8. The fraction of sp³-hybridized carbons (Fsp3) is 0.278. The van der Waals surface area contributed by atoms with Crippen LogP contribution in [0.15, 0.2) is 53.4 Å². The molecule has 2 aromatic rings. The van der Waals surface area contributed by atoms with Crippen LogP contribution in [-0.2, 0) is 9.84 Å². The van der Waals surface area contributed by atoms with Crippen LogP contribution >= 0.6 is 11.6 Å². The lowest BCUT2D eigenvalue weighted by Gasteiger charge is -2.19. The van der Waals surface area contributed by atoms with E-state index in [1.54, 1.807) is 24.3 Å². The molecule has 2 rings (SSSR count). The van der Waals surface area contributed by atoms with Gasteiger partial charge in [-0.05, 0) is 49.2 Å². The monoisotopic (exact) mass is 380 g/mol. The van der Waals surface area contributed by atoms with Crippen LogP contribution in [0.1, 0.15) is 37.1 Å². The molecule has 0 aliphatic heterocycles. The number of carbonyl (C=O) groups excluding carboxylic acids is 1. The number of urea groups is 1. The van der Waals surface area contributed by atoms with E-state index >= 15 is 0 Å². The molecule has 0 aliphatic carbocycles. The number of carbonyl (C=O) groups is 1. The van der Waals surface area contributed by atoms with Crippen molar-refractivity contribution < 1.29 is 13.2 Å². The van der Waals surface area contributed by atoms with Gasteiger partial charge in [-0.2, -0.15) is 0 Å². The van der Waals surface area contributed by atoms with E-state index in [0.29, 0.717) is 5.02 Å². The maximum Gasteiger partial charge on any atom is 0.315 e. The van der Waals surface area contributed by atoms with Crippen molar-refractivity contribution in [2.24, 2.45) is 0 Å². The van der Waals surface area contributed by atoms with Crippen LogP contribution in [-0.4, -0.2) is 20.7 Å². The summed E-state index contributed by atoms with van der Waals surface area (Å²) in [6.07, 6.45) is 1.16. The molecule has 0 saturated carbocycles. The molecular formula is C18H21ClN2O3S. The lowest BCUT2D eigenvalue weighted by Crippen LogP contribution is -2.38. The highest BCUT2D eigenvalue weighted by atomic mass is 35.5. The summed E-state index contributed by atoms with van der Waals surface area (Å²) in [6.45, 7) is 3.72. The van der Waals surface area contributed by atoms with Crippen LogP contribution in [0.25, 0.3) is 0 Å². The van der Waals surface area contributed by atoms with Crippen molar-refractivity contribution in [2.75, 3.05) is 6.26 Å². The zero-order valence-corrected chi connectivity index (χ0v) is 15.9. The summed E-state index contributed by atoms with van der Waals surface area (Å²) in [5.41, 5.74) is 1.77. The van der Waals surface area contributed by atoms with E-state index in [-0.39, 0.29) is 23.0 Å². The molecule has 2 amide bonds. The van der Waals surface area contributed by atoms with E-state index in [9.17, 15) is 13.2 Å². The number of benzene rings is 2. The predicted octanol–water partition coefficient (Wildman–Crippen LogP) is 3.86. The Morgan fingerprint density at radius 2 is 1.28 bits per heavy atom. The van der Waals surface area contributed by atoms with Crippen LogP contribution < -0.4 is 10.6 Å². The molecule has 0 aromatic heterocycles. The van der Waals surface area contributed by atoms with Crippen molar-refractivity contribution in [3.8, 4) is 0 Å². The predicted molar refractivity (Wildman–Crippen MR) is 99.5 cm³/mol. The number of hydrogen-bond acceptors (Lipinski definition) is 3. The number of amides is 2. The molecule has 0 saturated heterocycles. The lowest BCUT2D eigenvalue weighted by atomic mass is 10.1. The Morgan fingerprint density at radius 1 is 0.880 bits per heavy atom. The maximum absolute atomic E-state index is 12.2. The van der Waals surface area contributed by atoms with Gasteiger partial charge in [0.1, 0.15) is 0 Å². The highest BCUT2D eigenvalue weighted by Gasteiger charge is 2.14. The van der Waals surface area contributed by atoms with Crippen molar-refractivity contribution in [2.45, 2.75) is 30.8 Å². The van der Waals surface area contributed by atoms with Crippen LogP contribution in [0.4, 0.5) is 4.79 Å². The Kier molecular flexibility index (Phi) is 6.08. The summed E-state index contributed by atoms with van der Waals surface area (Å²) < 4.78 is 23.0. The second-order valence-corrected chi connectivity index (χ2v) is 8.41. The molecule has 5 nitrogen and oxygen atoms in total. The smallest absolute Gasteiger partial charge is 0.315 e. The first-order valence-electron chi connectivity index (χ1n) is 7.79. The Morgan fingerprint density at radius 3 is 1.68 bits per heavy atom. The molecule has 0 heterocycles. The van der Waals surface area contributed by atoms with Gasteiger partial charge in [0.05, 0.1) is 17.0 Å². The zero-order chi connectivity index (χ0) is 18.6.